The van der Waals surface area contributed by atoms with E-state index in [2.05, 4.69) is 6.92 Å². The zero-order valence-electron chi connectivity index (χ0n) is 11.1. The Labute approximate surface area is 108 Å². The summed E-state index contributed by atoms with van der Waals surface area (Å²) in [5, 5.41) is 18.9. The summed E-state index contributed by atoms with van der Waals surface area (Å²) >= 11 is 0. The lowest BCUT2D eigenvalue weighted by atomic mass is 9.96. The molecule has 18 heavy (non-hydrogen) atoms. The van der Waals surface area contributed by atoms with Crippen molar-refractivity contribution in [3.63, 3.8) is 0 Å². The number of hydrogen-bond acceptors (Lipinski definition) is 4. The maximum atomic E-state index is 10.1. The second-order valence-corrected chi connectivity index (χ2v) is 4.49. The molecule has 0 aromatic heterocycles. The lowest BCUT2D eigenvalue weighted by Crippen LogP contribution is -2.29. The van der Waals surface area contributed by atoms with Crippen molar-refractivity contribution in [3.8, 4) is 5.75 Å². The summed E-state index contributed by atoms with van der Waals surface area (Å²) < 4.78 is 5.53. The standard InChI is InChI=1S/C14H23NO3/c1-3-8-18-11-4-5-12(10(2)9-11)14(17)13(15)6-7-16/h4-5,9,13-14,16-17H,3,6-8,15H2,1-2H3. The van der Waals surface area contributed by atoms with E-state index < -0.39 is 12.1 Å². The highest BCUT2D eigenvalue weighted by Crippen LogP contribution is 2.25. The van der Waals surface area contributed by atoms with Crippen molar-refractivity contribution in [1.82, 2.24) is 0 Å². The molecule has 0 aliphatic rings. The fourth-order valence-electron chi connectivity index (χ4n) is 1.83. The lowest BCUT2D eigenvalue weighted by molar-refractivity contribution is 0.128. The molecule has 2 atom stereocenters. The molecular formula is C14H23NO3. The average molecular weight is 253 g/mol. The van der Waals surface area contributed by atoms with Crippen molar-refractivity contribution in [2.45, 2.75) is 38.8 Å². The van der Waals surface area contributed by atoms with Crippen LogP contribution in [-0.4, -0.2) is 29.5 Å². The highest BCUT2D eigenvalue weighted by molar-refractivity contribution is 5.36. The Kier molecular flexibility index (Phi) is 6.12. The molecule has 0 spiro atoms. The van der Waals surface area contributed by atoms with Crippen LogP contribution in [0.5, 0.6) is 5.75 Å². The number of rotatable bonds is 7. The van der Waals surface area contributed by atoms with Gasteiger partial charge in [-0.1, -0.05) is 13.0 Å². The fourth-order valence-corrected chi connectivity index (χ4v) is 1.83. The van der Waals surface area contributed by atoms with E-state index in [1.165, 1.54) is 0 Å². The van der Waals surface area contributed by atoms with Crippen molar-refractivity contribution < 1.29 is 14.9 Å². The van der Waals surface area contributed by atoms with Gasteiger partial charge in [-0.05, 0) is 43.0 Å². The smallest absolute Gasteiger partial charge is 0.119 e. The highest BCUT2D eigenvalue weighted by atomic mass is 16.5. The van der Waals surface area contributed by atoms with Crippen LogP contribution >= 0.6 is 0 Å². The molecule has 0 aliphatic heterocycles. The number of aliphatic hydroxyl groups excluding tert-OH is 2. The Balaban J connectivity index is 2.78. The number of benzene rings is 1. The van der Waals surface area contributed by atoms with Crippen LogP contribution in [0.25, 0.3) is 0 Å². The molecule has 0 saturated heterocycles. The van der Waals surface area contributed by atoms with Gasteiger partial charge in [0.15, 0.2) is 0 Å². The second kappa shape index (κ2) is 7.36. The minimum atomic E-state index is -0.752. The topological polar surface area (TPSA) is 75.7 Å². The quantitative estimate of drug-likeness (QED) is 0.689. The number of ether oxygens (including phenoxy) is 1. The van der Waals surface area contributed by atoms with E-state index in [1.807, 2.05) is 25.1 Å². The third kappa shape index (κ3) is 3.98. The third-order valence-corrected chi connectivity index (χ3v) is 2.90. The van der Waals surface area contributed by atoms with Gasteiger partial charge in [0.1, 0.15) is 5.75 Å². The molecule has 0 heterocycles. The molecule has 102 valence electrons. The molecule has 4 nitrogen and oxygen atoms in total. The van der Waals surface area contributed by atoms with Gasteiger partial charge in [-0.2, -0.15) is 0 Å². The van der Waals surface area contributed by atoms with Gasteiger partial charge in [0.25, 0.3) is 0 Å². The Morgan fingerprint density at radius 1 is 1.39 bits per heavy atom. The van der Waals surface area contributed by atoms with Crippen molar-refractivity contribution in [2.75, 3.05) is 13.2 Å². The van der Waals surface area contributed by atoms with E-state index in [4.69, 9.17) is 15.6 Å². The van der Waals surface area contributed by atoms with Crippen molar-refractivity contribution >= 4 is 0 Å². The van der Waals surface area contributed by atoms with Crippen LogP contribution in [0.2, 0.25) is 0 Å². The summed E-state index contributed by atoms with van der Waals surface area (Å²) in [6.45, 7) is 4.64. The van der Waals surface area contributed by atoms with Gasteiger partial charge in [-0.3, -0.25) is 0 Å². The Morgan fingerprint density at radius 3 is 2.67 bits per heavy atom. The second-order valence-electron chi connectivity index (χ2n) is 4.49. The molecule has 0 radical (unpaired) electrons. The van der Waals surface area contributed by atoms with Gasteiger partial charge in [-0.15, -0.1) is 0 Å². The fraction of sp³-hybridized carbons (Fsp3) is 0.571. The molecule has 2 unspecified atom stereocenters. The molecule has 1 rings (SSSR count). The van der Waals surface area contributed by atoms with E-state index >= 15 is 0 Å². The van der Waals surface area contributed by atoms with Crippen LogP contribution in [0.4, 0.5) is 0 Å². The molecule has 0 saturated carbocycles. The van der Waals surface area contributed by atoms with E-state index in [9.17, 15) is 5.11 Å². The number of nitrogens with two attached hydrogens (primary N) is 1. The predicted octanol–water partition coefficient (Wildman–Crippen LogP) is 1.53. The van der Waals surface area contributed by atoms with Gasteiger partial charge >= 0.3 is 0 Å². The third-order valence-electron chi connectivity index (χ3n) is 2.90. The van der Waals surface area contributed by atoms with Crippen molar-refractivity contribution in [3.05, 3.63) is 29.3 Å². The van der Waals surface area contributed by atoms with Gasteiger partial charge < -0.3 is 20.7 Å². The van der Waals surface area contributed by atoms with Crippen molar-refractivity contribution in [2.24, 2.45) is 5.73 Å². The molecule has 0 aliphatic carbocycles. The van der Waals surface area contributed by atoms with Crippen LogP contribution in [0.15, 0.2) is 18.2 Å². The molecule has 1 aromatic rings. The Bertz CT molecular complexity index is 368. The number of aliphatic hydroxyl groups is 2. The zero-order valence-corrected chi connectivity index (χ0v) is 11.1. The monoisotopic (exact) mass is 253 g/mol. The van der Waals surface area contributed by atoms with E-state index in [0.29, 0.717) is 13.0 Å². The van der Waals surface area contributed by atoms with Gasteiger partial charge in [0, 0.05) is 12.6 Å². The number of aryl methyl sites for hydroxylation is 1. The molecular weight excluding hydrogens is 230 g/mol. The van der Waals surface area contributed by atoms with Gasteiger partial charge in [0.05, 0.1) is 12.7 Å². The summed E-state index contributed by atoms with van der Waals surface area (Å²) in [6.07, 6.45) is 0.594. The van der Waals surface area contributed by atoms with Crippen LogP contribution in [0.1, 0.15) is 37.0 Å². The normalized spacial score (nSPS) is 14.3. The molecule has 4 N–H and O–H groups in total. The highest BCUT2D eigenvalue weighted by Gasteiger charge is 2.18. The summed E-state index contributed by atoms with van der Waals surface area (Å²) in [5.74, 6) is 0.807. The SMILES string of the molecule is CCCOc1ccc(C(O)C(N)CCO)c(C)c1. The summed E-state index contributed by atoms with van der Waals surface area (Å²) in [4.78, 5) is 0. The summed E-state index contributed by atoms with van der Waals surface area (Å²) in [5.41, 5.74) is 7.55. The number of hydrogen-bond donors (Lipinski definition) is 3. The van der Waals surface area contributed by atoms with Gasteiger partial charge in [-0.25, -0.2) is 0 Å². The molecule has 0 bridgehead atoms. The lowest BCUT2D eigenvalue weighted by Gasteiger charge is -2.20. The first-order valence-electron chi connectivity index (χ1n) is 6.38. The van der Waals surface area contributed by atoms with E-state index in [0.717, 1.165) is 23.3 Å². The van der Waals surface area contributed by atoms with Crippen LogP contribution in [-0.2, 0) is 0 Å². The first-order chi connectivity index (χ1) is 8.60. The summed E-state index contributed by atoms with van der Waals surface area (Å²) in [7, 11) is 0. The van der Waals surface area contributed by atoms with Gasteiger partial charge in [0.2, 0.25) is 0 Å². The van der Waals surface area contributed by atoms with Crippen LogP contribution in [0.3, 0.4) is 0 Å². The molecule has 0 amide bonds. The van der Waals surface area contributed by atoms with E-state index in [-0.39, 0.29) is 6.61 Å². The maximum absolute atomic E-state index is 10.1. The molecule has 0 fully saturated rings. The first kappa shape index (κ1) is 15.0. The first-order valence-corrected chi connectivity index (χ1v) is 6.38. The van der Waals surface area contributed by atoms with Crippen LogP contribution in [0, 0.1) is 6.92 Å². The zero-order chi connectivity index (χ0) is 13.5. The summed E-state index contributed by atoms with van der Waals surface area (Å²) in [6, 6.07) is 5.13. The predicted molar refractivity (Wildman–Crippen MR) is 71.6 cm³/mol. The maximum Gasteiger partial charge on any atom is 0.119 e. The average Bonchev–Trinajstić information content (AvgIpc) is 2.36. The molecule has 4 heteroatoms. The Morgan fingerprint density at radius 2 is 2.11 bits per heavy atom. The Hall–Kier alpha value is -1.10. The van der Waals surface area contributed by atoms with Crippen molar-refractivity contribution in [1.29, 1.82) is 0 Å². The minimum Gasteiger partial charge on any atom is -0.494 e. The largest absolute Gasteiger partial charge is 0.494 e. The minimum absolute atomic E-state index is 0.0189. The molecule has 1 aromatic carbocycles. The van der Waals surface area contributed by atoms with Crippen LogP contribution < -0.4 is 10.5 Å². The van der Waals surface area contributed by atoms with E-state index in [1.54, 1.807) is 0 Å².